The number of anilines is 7. The first kappa shape index (κ1) is 48.4. The van der Waals surface area contributed by atoms with Crippen LogP contribution in [0.2, 0.25) is 0 Å². The van der Waals surface area contributed by atoms with Gasteiger partial charge < -0.3 is 35.8 Å². The van der Waals surface area contributed by atoms with E-state index in [1.807, 2.05) is 0 Å². The summed E-state index contributed by atoms with van der Waals surface area (Å²) < 4.78 is 6.17. The Balaban J connectivity index is 1.24. The van der Waals surface area contributed by atoms with Crippen LogP contribution in [0.5, 0.6) is 5.75 Å². The first-order valence-corrected chi connectivity index (χ1v) is 25.2. The highest BCUT2D eigenvalue weighted by Crippen LogP contribution is 2.47. The largest absolute Gasteiger partial charge is 0.494 e. The number of nitrogens with one attached hydrogen (secondary N) is 4. The molecule has 0 bridgehead atoms. The maximum atomic E-state index is 6.17. The normalized spacial score (nSPS) is 17.1. The average molecular weight is 911 g/mol. The molecule has 0 aromatic heterocycles. The molecular formula is C61H78N6O. The molecule has 3 aliphatic rings. The summed E-state index contributed by atoms with van der Waals surface area (Å²) in [6.45, 7) is 31.4. The minimum atomic E-state index is -0.314. The smallest absolute Gasteiger partial charge is 0.144 e. The van der Waals surface area contributed by atoms with Crippen LogP contribution in [0.1, 0.15) is 136 Å². The van der Waals surface area contributed by atoms with E-state index >= 15 is 0 Å². The van der Waals surface area contributed by atoms with Crippen molar-refractivity contribution in [3.8, 4) is 5.75 Å². The van der Waals surface area contributed by atoms with Gasteiger partial charge in [-0.3, -0.25) is 0 Å². The van der Waals surface area contributed by atoms with Gasteiger partial charge in [0.1, 0.15) is 5.75 Å². The Bertz CT molecular complexity index is 2720. The molecule has 5 aromatic carbocycles. The van der Waals surface area contributed by atoms with Crippen LogP contribution in [0.15, 0.2) is 115 Å². The van der Waals surface area contributed by atoms with E-state index < -0.39 is 0 Å². The van der Waals surface area contributed by atoms with Gasteiger partial charge >= 0.3 is 0 Å². The van der Waals surface area contributed by atoms with Gasteiger partial charge in [-0.15, -0.1) is 0 Å². The molecule has 7 heteroatoms. The Labute approximate surface area is 409 Å². The fourth-order valence-electron chi connectivity index (χ4n) is 11.0. The summed E-state index contributed by atoms with van der Waals surface area (Å²) in [5, 5.41) is 15.5. The van der Waals surface area contributed by atoms with Gasteiger partial charge in [0.2, 0.25) is 0 Å². The maximum Gasteiger partial charge on any atom is 0.144 e. The number of methoxy groups -OCH3 is 1. The van der Waals surface area contributed by atoms with Gasteiger partial charge in [0, 0.05) is 82.1 Å². The number of rotatable bonds is 16. The molecule has 3 aliphatic heterocycles. The second kappa shape index (κ2) is 19.1. The number of hydrogen-bond donors (Lipinski definition) is 4. The van der Waals surface area contributed by atoms with Gasteiger partial charge in [0.05, 0.1) is 29.4 Å². The van der Waals surface area contributed by atoms with E-state index in [1.165, 1.54) is 67.3 Å². The maximum absolute atomic E-state index is 6.17. The lowest BCUT2D eigenvalue weighted by molar-refractivity contribution is 0.415. The number of para-hydroxylation sites is 1. The van der Waals surface area contributed by atoms with Gasteiger partial charge in [0.15, 0.2) is 0 Å². The summed E-state index contributed by atoms with van der Waals surface area (Å²) >= 11 is 0. The van der Waals surface area contributed by atoms with Crippen LogP contribution in [0.4, 0.5) is 39.8 Å². The van der Waals surface area contributed by atoms with Crippen molar-refractivity contribution in [2.75, 3.05) is 51.3 Å². The Kier molecular flexibility index (Phi) is 13.6. The highest BCUT2D eigenvalue weighted by molar-refractivity contribution is 5.92. The minimum absolute atomic E-state index is 0.0943. The van der Waals surface area contributed by atoms with Crippen molar-refractivity contribution in [1.82, 2.24) is 0 Å². The number of nitrogens with zero attached hydrogens (tertiary/aromatic N) is 2. The number of allylic oxidation sites excluding steroid dienone is 1. The predicted molar refractivity (Wildman–Crippen MR) is 296 cm³/mol. The van der Waals surface area contributed by atoms with Crippen LogP contribution < -0.4 is 35.8 Å². The third kappa shape index (κ3) is 10.3. The van der Waals surface area contributed by atoms with Crippen molar-refractivity contribution in [1.29, 1.82) is 0 Å². The van der Waals surface area contributed by atoms with E-state index in [2.05, 4.69) is 236 Å². The van der Waals surface area contributed by atoms with E-state index in [-0.39, 0.29) is 22.7 Å². The summed E-state index contributed by atoms with van der Waals surface area (Å²) in [6.07, 6.45) is 10.3. The second-order valence-electron chi connectivity index (χ2n) is 21.9. The van der Waals surface area contributed by atoms with E-state index in [1.54, 1.807) is 7.11 Å². The van der Waals surface area contributed by atoms with Gasteiger partial charge in [-0.25, -0.2) is 0 Å². The van der Waals surface area contributed by atoms with E-state index in [0.29, 0.717) is 18.5 Å². The van der Waals surface area contributed by atoms with E-state index in [4.69, 9.17) is 4.74 Å². The van der Waals surface area contributed by atoms with E-state index in [9.17, 15) is 0 Å². The lowest BCUT2D eigenvalue weighted by atomic mass is 9.86. The number of benzene rings is 5. The van der Waals surface area contributed by atoms with Crippen molar-refractivity contribution in [2.24, 2.45) is 5.92 Å². The molecule has 0 radical (unpaired) electrons. The molecule has 0 saturated carbocycles. The van der Waals surface area contributed by atoms with Crippen LogP contribution in [0.3, 0.4) is 0 Å². The molecular weight excluding hydrogens is 833 g/mol. The van der Waals surface area contributed by atoms with Gasteiger partial charge in [-0.05, 0) is 163 Å². The molecule has 2 unspecified atom stereocenters. The number of hydrogen-bond acceptors (Lipinski definition) is 7. The molecule has 358 valence electrons. The summed E-state index contributed by atoms with van der Waals surface area (Å²) in [7, 11) is 1.78. The average Bonchev–Trinajstić information content (AvgIpc) is 3.28. The summed E-state index contributed by atoms with van der Waals surface area (Å²) in [4.78, 5) is 5.22. The zero-order valence-electron chi connectivity index (χ0n) is 43.5. The van der Waals surface area contributed by atoms with Crippen LogP contribution in [-0.2, 0) is 12.8 Å². The number of ether oxygens (including phenoxy) is 1. The standard InChI is InChI=1S/C61H78N6O/c1-15-43-28-50(32-52-40(5)34-59(8,9)63-56(43)52)66(41(6)27-39(3)4)37-46-35-60(10,11)64-57-44(16-2)29-51(33-54(46)57)67(49-25-21-18-22-26-49)38-47-36-61(12,13)65-58-53(47)30-48(31-55(58)68-14)62-42(7)45-23-19-17-20-24-45/h17-26,28-36,39,41-42,62-65H,15-16,27,37-38H2,1-14H3. The van der Waals surface area contributed by atoms with Gasteiger partial charge in [-0.1, -0.05) is 94.5 Å². The van der Waals surface area contributed by atoms with Crippen molar-refractivity contribution in [2.45, 2.75) is 138 Å². The second-order valence-corrected chi connectivity index (χ2v) is 21.9. The Morgan fingerprint density at radius 1 is 0.588 bits per heavy atom. The molecule has 0 saturated heterocycles. The Morgan fingerprint density at radius 2 is 1.12 bits per heavy atom. The summed E-state index contributed by atoms with van der Waals surface area (Å²) in [5.41, 5.74) is 19.1. The van der Waals surface area contributed by atoms with Crippen molar-refractivity contribution >= 4 is 56.5 Å². The first-order valence-electron chi connectivity index (χ1n) is 25.2. The summed E-state index contributed by atoms with van der Waals surface area (Å²) in [5.74, 6) is 1.38. The van der Waals surface area contributed by atoms with Crippen LogP contribution in [0.25, 0.3) is 16.7 Å². The van der Waals surface area contributed by atoms with Crippen LogP contribution >= 0.6 is 0 Å². The third-order valence-electron chi connectivity index (χ3n) is 14.0. The molecule has 0 spiro atoms. The quantitative estimate of drug-likeness (QED) is 0.0787. The van der Waals surface area contributed by atoms with Crippen molar-refractivity contribution in [3.63, 3.8) is 0 Å². The lowest BCUT2D eigenvalue weighted by Gasteiger charge is -2.40. The molecule has 0 fully saturated rings. The molecule has 0 aliphatic carbocycles. The Morgan fingerprint density at radius 3 is 1.72 bits per heavy atom. The van der Waals surface area contributed by atoms with Crippen molar-refractivity contribution in [3.05, 3.63) is 149 Å². The monoisotopic (exact) mass is 911 g/mol. The van der Waals surface area contributed by atoms with Crippen LogP contribution in [0, 0.1) is 5.92 Å². The number of aryl methyl sites for hydroxylation is 2. The molecule has 2 atom stereocenters. The highest BCUT2D eigenvalue weighted by atomic mass is 16.5. The minimum Gasteiger partial charge on any atom is -0.494 e. The zero-order valence-corrected chi connectivity index (χ0v) is 43.5. The zero-order chi connectivity index (χ0) is 48.7. The molecule has 3 heterocycles. The molecule has 5 aromatic rings. The Hall–Kier alpha value is -6.08. The number of fused-ring (bicyclic) bond motifs is 3. The van der Waals surface area contributed by atoms with Crippen LogP contribution in [-0.4, -0.2) is 42.9 Å². The molecule has 4 N–H and O–H groups in total. The van der Waals surface area contributed by atoms with Gasteiger partial charge in [-0.2, -0.15) is 0 Å². The highest BCUT2D eigenvalue weighted by Gasteiger charge is 2.33. The van der Waals surface area contributed by atoms with Gasteiger partial charge in [0.25, 0.3) is 0 Å². The topological polar surface area (TPSA) is 63.8 Å². The molecule has 0 amide bonds. The lowest BCUT2D eigenvalue weighted by Crippen LogP contribution is -2.39. The SMILES string of the molecule is CCc1cc(N(CC2=CC(C)(C)Nc3c(CC)cc(N(CC4=CC(C)(C)Nc5c(OC)cc(NC(C)c6ccccc6)cc54)c4ccccc4)cc32)C(C)CC(C)C)cc2c1NC(C)(C)C=C2C. The van der Waals surface area contributed by atoms with E-state index in [0.717, 1.165) is 54.2 Å². The first-order chi connectivity index (χ1) is 32.3. The molecule has 68 heavy (non-hydrogen) atoms. The fraction of sp³-hybridized carbons (Fsp3) is 0.410. The fourth-order valence-corrected chi connectivity index (χ4v) is 11.0. The third-order valence-corrected chi connectivity index (χ3v) is 14.0. The van der Waals surface area contributed by atoms with Crippen molar-refractivity contribution < 1.29 is 4.74 Å². The molecule has 7 nitrogen and oxygen atoms in total. The predicted octanol–water partition coefficient (Wildman–Crippen LogP) is 15.6. The molecule has 8 rings (SSSR count). The summed E-state index contributed by atoms with van der Waals surface area (Å²) in [6, 6.07) is 36.3.